The fraction of sp³-hybridized carbons (Fsp3) is 0.667. The van der Waals surface area contributed by atoms with Gasteiger partial charge in [-0.1, -0.05) is 13.3 Å². The monoisotopic (exact) mass is 423 g/mol. The van der Waals surface area contributed by atoms with Crippen molar-refractivity contribution in [3.05, 3.63) is 24.3 Å². The van der Waals surface area contributed by atoms with Crippen LogP contribution in [0.25, 0.3) is 0 Å². The highest BCUT2D eigenvalue weighted by atomic mass is 32.2. The second-order valence-electron chi connectivity index (χ2n) is 8.20. The molecule has 162 valence electrons. The molecule has 0 aromatic heterocycles. The molecule has 3 unspecified atom stereocenters. The van der Waals surface area contributed by atoms with Gasteiger partial charge >= 0.3 is 0 Å². The molecule has 3 rings (SSSR count). The summed E-state index contributed by atoms with van der Waals surface area (Å²) in [4.78, 5) is 14.7. The number of piperidine rings is 1. The normalized spacial score (nSPS) is 26.9. The van der Waals surface area contributed by atoms with Gasteiger partial charge in [0, 0.05) is 31.4 Å². The highest BCUT2D eigenvalue weighted by molar-refractivity contribution is 7.89. The molecule has 29 heavy (non-hydrogen) atoms. The second-order valence-corrected chi connectivity index (χ2v) is 10.1. The van der Waals surface area contributed by atoms with Crippen LogP contribution in [-0.2, 0) is 19.6 Å². The predicted octanol–water partition coefficient (Wildman–Crippen LogP) is 2.69. The summed E-state index contributed by atoms with van der Waals surface area (Å²) in [5.41, 5.74) is 0.606. The molecule has 8 heteroatoms. The number of hydrogen-bond donors (Lipinski definition) is 1. The molecule has 0 aliphatic carbocycles. The lowest BCUT2D eigenvalue weighted by atomic mass is 10.0. The Hall–Kier alpha value is -1.48. The van der Waals surface area contributed by atoms with Crippen molar-refractivity contribution in [3.63, 3.8) is 0 Å². The molecule has 2 heterocycles. The molecule has 1 amide bonds. The molecule has 1 aromatic rings. The number of amides is 1. The van der Waals surface area contributed by atoms with Gasteiger partial charge in [0.15, 0.2) is 0 Å². The van der Waals surface area contributed by atoms with Gasteiger partial charge in [-0.3, -0.25) is 9.69 Å². The van der Waals surface area contributed by atoms with E-state index in [0.29, 0.717) is 18.8 Å². The molecule has 3 atom stereocenters. The average Bonchev–Trinajstić information content (AvgIpc) is 2.67. The Morgan fingerprint density at radius 3 is 2.41 bits per heavy atom. The first kappa shape index (κ1) is 22.2. The molecule has 2 saturated heterocycles. The number of rotatable bonds is 6. The third-order valence-electron chi connectivity index (χ3n) is 5.65. The van der Waals surface area contributed by atoms with Crippen molar-refractivity contribution >= 4 is 21.6 Å². The second kappa shape index (κ2) is 9.55. The minimum Gasteiger partial charge on any atom is -0.373 e. The Bertz CT molecular complexity index is 787. The third-order valence-corrected chi connectivity index (χ3v) is 7.62. The third kappa shape index (κ3) is 5.57. The maximum absolute atomic E-state index is 13.0. The molecule has 0 radical (unpaired) electrons. The van der Waals surface area contributed by atoms with Crippen LogP contribution in [0, 0.1) is 0 Å². The molecule has 0 bridgehead atoms. The Labute approximate surface area is 174 Å². The van der Waals surface area contributed by atoms with Crippen LogP contribution >= 0.6 is 0 Å². The summed E-state index contributed by atoms with van der Waals surface area (Å²) in [5.74, 6) is -0.107. The van der Waals surface area contributed by atoms with Crippen molar-refractivity contribution in [3.8, 4) is 0 Å². The Morgan fingerprint density at radius 2 is 1.79 bits per heavy atom. The van der Waals surface area contributed by atoms with E-state index in [0.717, 1.165) is 38.8 Å². The summed E-state index contributed by atoms with van der Waals surface area (Å²) in [7, 11) is -3.51. The molecular weight excluding hydrogens is 390 g/mol. The zero-order valence-electron chi connectivity index (χ0n) is 17.6. The van der Waals surface area contributed by atoms with Crippen LogP contribution in [0.15, 0.2) is 29.2 Å². The van der Waals surface area contributed by atoms with E-state index in [1.165, 1.54) is 0 Å². The van der Waals surface area contributed by atoms with Crippen molar-refractivity contribution in [2.24, 2.45) is 0 Å². The van der Waals surface area contributed by atoms with E-state index in [1.807, 2.05) is 20.8 Å². The summed E-state index contributed by atoms with van der Waals surface area (Å²) in [6.45, 7) is 8.37. The molecule has 0 spiro atoms. The molecular formula is C21H33N3O4S. The number of nitrogens with zero attached hydrogens (tertiary/aromatic N) is 2. The smallest absolute Gasteiger partial charge is 0.243 e. The molecule has 0 saturated carbocycles. The van der Waals surface area contributed by atoms with E-state index in [-0.39, 0.29) is 29.1 Å². The Morgan fingerprint density at radius 1 is 1.14 bits per heavy atom. The first-order chi connectivity index (χ1) is 13.8. The van der Waals surface area contributed by atoms with Gasteiger partial charge in [0.1, 0.15) is 0 Å². The molecule has 2 aliphatic rings. The molecule has 2 aliphatic heterocycles. The lowest BCUT2D eigenvalue weighted by Gasteiger charge is -2.34. The van der Waals surface area contributed by atoms with Gasteiger partial charge in [-0.15, -0.1) is 0 Å². The van der Waals surface area contributed by atoms with Crippen LogP contribution in [0.5, 0.6) is 0 Å². The van der Waals surface area contributed by atoms with Crippen LogP contribution < -0.4 is 5.32 Å². The van der Waals surface area contributed by atoms with Crippen molar-refractivity contribution in [2.75, 3.05) is 31.5 Å². The van der Waals surface area contributed by atoms with Crippen LogP contribution in [-0.4, -0.2) is 68.0 Å². The minimum atomic E-state index is -3.51. The van der Waals surface area contributed by atoms with Gasteiger partial charge in [-0.2, -0.15) is 4.31 Å². The summed E-state index contributed by atoms with van der Waals surface area (Å²) >= 11 is 0. The molecule has 2 fully saturated rings. The maximum Gasteiger partial charge on any atom is 0.243 e. The lowest BCUT2D eigenvalue weighted by Crippen LogP contribution is -2.48. The fourth-order valence-electron chi connectivity index (χ4n) is 4.36. The van der Waals surface area contributed by atoms with E-state index < -0.39 is 10.0 Å². The maximum atomic E-state index is 13.0. The van der Waals surface area contributed by atoms with Gasteiger partial charge in [0.25, 0.3) is 0 Å². The number of carbonyl (C=O) groups excluding carboxylic acids is 1. The predicted molar refractivity (Wildman–Crippen MR) is 113 cm³/mol. The van der Waals surface area contributed by atoms with Crippen LogP contribution in [0.1, 0.15) is 46.5 Å². The molecule has 7 nitrogen and oxygen atoms in total. The first-order valence-electron chi connectivity index (χ1n) is 10.6. The number of morpholine rings is 1. The zero-order valence-corrected chi connectivity index (χ0v) is 18.5. The van der Waals surface area contributed by atoms with E-state index >= 15 is 0 Å². The minimum absolute atomic E-state index is 0.0754. The van der Waals surface area contributed by atoms with E-state index in [1.54, 1.807) is 28.6 Å². The molecule has 1 N–H and O–H groups in total. The van der Waals surface area contributed by atoms with E-state index in [4.69, 9.17) is 4.74 Å². The summed E-state index contributed by atoms with van der Waals surface area (Å²) in [5, 5.41) is 2.87. The summed E-state index contributed by atoms with van der Waals surface area (Å²) in [6.07, 6.45) is 3.95. The number of sulfonamides is 1. The number of ether oxygens (including phenoxy) is 1. The van der Waals surface area contributed by atoms with Gasteiger partial charge < -0.3 is 10.1 Å². The number of carbonyl (C=O) groups is 1. The van der Waals surface area contributed by atoms with Crippen LogP contribution in [0.3, 0.4) is 0 Å². The largest absolute Gasteiger partial charge is 0.373 e. The van der Waals surface area contributed by atoms with Crippen molar-refractivity contribution in [1.82, 2.24) is 9.21 Å². The number of nitrogens with one attached hydrogen (secondary N) is 1. The topological polar surface area (TPSA) is 79.0 Å². The van der Waals surface area contributed by atoms with Crippen molar-refractivity contribution in [2.45, 2.75) is 69.6 Å². The fourth-order valence-corrected chi connectivity index (χ4v) is 6.13. The van der Waals surface area contributed by atoms with E-state index in [9.17, 15) is 13.2 Å². The SMILES string of the molecule is CCC1CCCCN1S(=O)(=O)c1ccc(NC(=O)CN2CC(C)OC(C)C2)cc1. The standard InChI is InChI=1S/C21H33N3O4S/c1-4-19-7-5-6-12-24(19)29(26,27)20-10-8-18(9-11-20)22-21(25)15-23-13-16(2)28-17(3)14-23/h8-11,16-17,19H,4-7,12-15H2,1-3H3,(H,22,25). The average molecular weight is 424 g/mol. The molecule has 1 aromatic carbocycles. The summed E-state index contributed by atoms with van der Waals surface area (Å²) in [6, 6.07) is 6.59. The van der Waals surface area contributed by atoms with Crippen LogP contribution in [0.2, 0.25) is 0 Å². The van der Waals surface area contributed by atoms with Gasteiger partial charge in [0.05, 0.1) is 23.6 Å². The summed E-state index contributed by atoms with van der Waals surface area (Å²) < 4.78 is 33.4. The number of benzene rings is 1. The Kier molecular flexibility index (Phi) is 7.32. The quantitative estimate of drug-likeness (QED) is 0.761. The van der Waals surface area contributed by atoms with Gasteiger partial charge in [-0.25, -0.2) is 8.42 Å². The van der Waals surface area contributed by atoms with Gasteiger partial charge in [0.2, 0.25) is 15.9 Å². The zero-order chi connectivity index (χ0) is 21.0. The van der Waals surface area contributed by atoms with Crippen LogP contribution in [0.4, 0.5) is 5.69 Å². The van der Waals surface area contributed by atoms with Gasteiger partial charge in [-0.05, 0) is 57.4 Å². The van der Waals surface area contributed by atoms with E-state index in [2.05, 4.69) is 10.2 Å². The van der Waals surface area contributed by atoms with Crippen molar-refractivity contribution in [1.29, 1.82) is 0 Å². The Balaban J connectivity index is 1.61. The number of anilines is 1. The lowest BCUT2D eigenvalue weighted by molar-refractivity contribution is -0.121. The first-order valence-corrected chi connectivity index (χ1v) is 12.0. The van der Waals surface area contributed by atoms with Crippen molar-refractivity contribution < 1.29 is 17.9 Å². The highest BCUT2D eigenvalue weighted by Crippen LogP contribution is 2.27. The highest BCUT2D eigenvalue weighted by Gasteiger charge is 2.32. The number of hydrogen-bond acceptors (Lipinski definition) is 5.